The lowest BCUT2D eigenvalue weighted by Crippen LogP contribution is -2.18. The van der Waals surface area contributed by atoms with Crippen LogP contribution in [0.25, 0.3) is 0 Å². The first-order valence-electron chi connectivity index (χ1n) is 5.26. The number of halogens is 1. The van der Waals surface area contributed by atoms with E-state index in [0.717, 1.165) is 22.4 Å². The molecular weight excluding hydrogens is 270 g/mol. The molecule has 0 saturated carbocycles. The minimum atomic E-state index is 0.248. The van der Waals surface area contributed by atoms with Crippen LogP contribution in [0.3, 0.4) is 0 Å². The molecule has 90 valence electrons. The van der Waals surface area contributed by atoms with Crippen molar-refractivity contribution in [1.82, 2.24) is 14.7 Å². The Morgan fingerprint density at radius 2 is 2.12 bits per heavy atom. The largest absolute Gasteiger partial charge is 0.309 e. The molecule has 0 N–H and O–H groups in total. The summed E-state index contributed by atoms with van der Waals surface area (Å²) in [4.78, 5) is 13.8. The standard InChI is InChI=1S/C11H18BrN3O/c1-8-11(12)10(15(4)13-8)7-9(16)5-6-14(2)3/h5-7H2,1-4H3. The summed E-state index contributed by atoms with van der Waals surface area (Å²) in [6.45, 7) is 2.73. The van der Waals surface area contributed by atoms with Crippen LogP contribution in [0.5, 0.6) is 0 Å². The average molecular weight is 288 g/mol. The predicted molar refractivity (Wildman–Crippen MR) is 67.5 cm³/mol. The van der Waals surface area contributed by atoms with Gasteiger partial charge in [0.05, 0.1) is 15.9 Å². The third-order valence-corrected chi connectivity index (χ3v) is 3.50. The summed E-state index contributed by atoms with van der Waals surface area (Å²) in [5.74, 6) is 0.248. The third-order valence-electron chi connectivity index (χ3n) is 2.46. The fraction of sp³-hybridized carbons (Fsp3) is 0.636. The monoisotopic (exact) mass is 287 g/mol. The zero-order chi connectivity index (χ0) is 12.3. The van der Waals surface area contributed by atoms with Crippen molar-refractivity contribution in [2.75, 3.05) is 20.6 Å². The molecule has 0 fully saturated rings. The van der Waals surface area contributed by atoms with Gasteiger partial charge in [0, 0.05) is 26.4 Å². The smallest absolute Gasteiger partial charge is 0.140 e. The predicted octanol–water partition coefficient (Wildman–Crippen LogP) is 1.55. The van der Waals surface area contributed by atoms with Crippen molar-refractivity contribution in [3.63, 3.8) is 0 Å². The van der Waals surface area contributed by atoms with Crippen molar-refractivity contribution in [1.29, 1.82) is 0 Å². The Hall–Kier alpha value is -0.680. The van der Waals surface area contributed by atoms with Crippen LogP contribution in [0.15, 0.2) is 4.47 Å². The summed E-state index contributed by atoms with van der Waals surface area (Å²) in [5.41, 5.74) is 1.89. The van der Waals surface area contributed by atoms with Gasteiger partial charge in [-0.15, -0.1) is 0 Å². The van der Waals surface area contributed by atoms with Gasteiger partial charge in [0.25, 0.3) is 0 Å². The van der Waals surface area contributed by atoms with Gasteiger partial charge in [0.15, 0.2) is 0 Å². The van der Waals surface area contributed by atoms with Crippen LogP contribution in [0.2, 0.25) is 0 Å². The van der Waals surface area contributed by atoms with Gasteiger partial charge in [-0.05, 0) is 36.9 Å². The van der Waals surface area contributed by atoms with Crippen LogP contribution in [-0.2, 0) is 18.3 Å². The first-order chi connectivity index (χ1) is 7.41. The number of carbonyl (C=O) groups is 1. The van der Waals surface area contributed by atoms with E-state index in [9.17, 15) is 4.79 Å². The number of Topliss-reactive ketones (excluding diaryl/α,β-unsaturated/α-hetero) is 1. The Balaban J connectivity index is 2.63. The summed E-state index contributed by atoms with van der Waals surface area (Å²) in [6, 6.07) is 0. The summed E-state index contributed by atoms with van der Waals surface area (Å²) in [5, 5.41) is 4.27. The molecule has 4 nitrogen and oxygen atoms in total. The SMILES string of the molecule is Cc1nn(C)c(CC(=O)CCN(C)C)c1Br. The van der Waals surface area contributed by atoms with Crippen LogP contribution in [0.4, 0.5) is 0 Å². The number of rotatable bonds is 5. The second-order valence-electron chi connectivity index (χ2n) is 4.24. The lowest BCUT2D eigenvalue weighted by molar-refractivity contribution is -0.118. The van der Waals surface area contributed by atoms with Gasteiger partial charge in [-0.25, -0.2) is 0 Å². The van der Waals surface area contributed by atoms with Crippen molar-refractivity contribution in [3.8, 4) is 0 Å². The number of aryl methyl sites for hydroxylation is 2. The van der Waals surface area contributed by atoms with E-state index in [-0.39, 0.29) is 5.78 Å². The first kappa shape index (κ1) is 13.4. The van der Waals surface area contributed by atoms with Gasteiger partial charge >= 0.3 is 0 Å². The van der Waals surface area contributed by atoms with E-state index < -0.39 is 0 Å². The summed E-state index contributed by atoms with van der Waals surface area (Å²) >= 11 is 3.46. The molecule has 1 aromatic heterocycles. The van der Waals surface area contributed by atoms with Gasteiger partial charge < -0.3 is 4.90 Å². The molecule has 5 heteroatoms. The molecule has 1 rings (SSSR count). The molecule has 0 aliphatic heterocycles. The van der Waals surface area contributed by atoms with E-state index in [2.05, 4.69) is 21.0 Å². The fourth-order valence-corrected chi connectivity index (χ4v) is 1.97. The van der Waals surface area contributed by atoms with Gasteiger partial charge in [-0.2, -0.15) is 5.10 Å². The van der Waals surface area contributed by atoms with E-state index in [0.29, 0.717) is 12.8 Å². The van der Waals surface area contributed by atoms with Crippen molar-refractivity contribution in [3.05, 3.63) is 15.9 Å². The van der Waals surface area contributed by atoms with Crippen molar-refractivity contribution < 1.29 is 4.79 Å². The fourth-order valence-electron chi connectivity index (χ4n) is 1.50. The van der Waals surface area contributed by atoms with E-state index in [1.165, 1.54) is 0 Å². The number of hydrogen-bond donors (Lipinski definition) is 0. The Labute approximate surface area is 105 Å². The highest BCUT2D eigenvalue weighted by molar-refractivity contribution is 9.10. The van der Waals surface area contributed by atoms with Gasteiger partial charge in [-0.1, -0.05) is 0 Å². The molecular formula is C11H18BrN3O. The zero-order valence-electron chi connectivity index (χ0n) is 10.2. The first-order valence-corrected chi connectivity index (χ1v) is 6.05. The normalized spacial score (nSPS) is 11.1. The van der Waals surface area contributed by atoms with Crippen LogP contribution in [0, 0.1) is 6.92 Å². The number of hydrogen-bond acceptors (Lipinski definition) is 3. The Kier molecular flexibility index (Phi) is 4.68. The molecule has 0 bridgehead atoms. The zero-order valence-corrected chi connectivity index (χ0v) is 11.8. The highest BCUT2D eigenvalue weighted by atomic mass is 79.9. The highest BCUT2D eigenvalue weighted by Gasteiger charge is 2.14. The third kappa shape index (κ3) is 3.42. The summed E-state index contributed by atoms with van der Waals surface area (Å²) in [6.07, 6.45) is 1.04. The van der Waals surface area contributed by atoms with Crippen molar-refractivity contribution in [2.45, 2.75) is 19.8 Å². The van der Waals surface area contributed by atoms with Gasteiger partial charge in [0.2, 0.25) is 0 Å². The maximum absolute atomic E-state index is 11.7. The van der Waals surface area contributed by atoms with Gasteiger partial charge in [-0.3, -0.25) is 9.48 Å². The van der Waals surface area contributed by atoms with Crippen LogP contribution in [0.1, 0.15) is 17.8 Å². The van der Waals surface area contributed by atoms with E-state index in [4.69, 9.17) is 0 Å². The Morgan fingerprint density at radius 3 is 2.56 bits per heavy atom. The van der Waals surface area contributed by atoms with E-state index in [1.54, 1.807) is 4.68 Å². The molecule has 16 heavy (non-hydrogen) atoms. The molecule has 0 aromatic carbocycles. The van der Waals surface area contributed by atoms with E-state index in [1.807, 2.05) is 33.0 Å². The maximum Gasteiger partial charge on any atom is 0.140 e. The summed E-state index contributed by atoms with van der Waals surface area (Å²) in [7, 11) is 5.81. The molecule has 1 aromatic rings. The highest BCUT2D eigenvalue weighted by Crippen LogP contribution is 2.20. The average Bonchev–Trinajstić information content (AvgIpc) is 2.42. The number of nitrogens with zero attached hydrogens (tertiary/aromatic N) is 3. The molecule has 0 aliphatic rings. The molecule has 0 spiro atoms. The molecule has 0 atom stereocenters. The number of ketones is 1. The number of carbonyl (C=O) groups excluding carboxylic acids is 1. The van der Waals surface area contributed by atoms with E-state index >= 15 is 0 Å². The lowest BCUT2D eigenvalue weighted by atomic mass is 10.1. The number of aromatic nitrogens is 2. The topological polar surface area (TPSA) is 38.1 Å². The van der Waals surface area contributed by atoms with Crippen LogP contribution >= 0.6 is 15.9 Å². The van der Waals surface area contributed by atoms with Crippen LogP contribution < -0.4 is 0 Å². The lowest BCUT2D eigenvalue weighted by Gasteiger charge is -2.08. The Morgan fingerprint density at radius 1 is 1.50 bits per heavy atom. The molecule has 0 unspecified atom stereocenters. The van der Waals surface area contributed by atoms with Crippen LogP contribution in [-0.4, -0.2) is 41.1 Å². The van der Waals surface area contributed by atoms with Gasteiger partial charge in [0.1, 0.15) is 5.78 Å². The molecule has 0 aliphatic carbocycles. The quantitative estimate of drug-likeness (QED) is 0.825. The Bertz CT molecular complexity index is 385. The second-order valence-corrected chi connectivity index (χ2v) is 5.03. The molecule has 0 radical (unpaired) electrons. The summed E-state index contributed by atoms with van der Waals surface area (Å²) < 4.78 is 2.72. The molecule has 0 amide bonds. The maximum atomic E-state index is 11.7. The minimum absolute atomic E-state index is 0.248. The minimum Gasteiger partial charge on any atom is -0.309 e. The molecule has 1 heterocycles. The van der Waals surface area contributed by atoms with Crippen molar-refractivity contribution in [2.24, 2.45) is 7.05 Å². The molecule has 0 saturated heterocycles. The van der Waals surface area contributed by atoms with Crippen molar-refractivity contribution >= 4 is 21.7 Å². The second kappa shape index (κ2) is 5.59.